The highest BCUT2D eigenvalue weighted by Gasteiger charge is 2.16. The molecule has 136 valence electrons. The molecule has 0 aliphatic heterocycles. The van der Waals surface area contributed by atoms with E-state index in [9.17, 15) is 5.26 Å². The molecule has 1 heterocycles. The number of rotatable bonds is 5. The number of methoxy groups -OCH3 is 1. The minimum absolute atomic E-state index is 0.0567. The van der Waals surface area contributed by atoms with Crippen LogP contribution in [0.4, 0.5) is 11.5 Å². The quantitative estimate of drug-likeness (QED) is 0.510. The van der Waals surface area contributed by atoms with Crippen LogP contribution in [0.25, 0.3) is 22.4 Å². The van der Waals surface area contributed by atoms with Crippen LogP contribution in [0.3, 0.4) is 0 Å². The van der Waals surface area contributed by atoms with E-state index in [0.29, 0.717) is 33.3 Å². The van der Waals surface area contributed by atoms with Gasteiger partial charge in [-0.3, -0.25) is 0 Å². The molecule has 3 aromatic rings. The van der Waals surface area contributed by atoms with Crippen molar-refractivity contribution in [1.82, 2.24) is 4.98 Å². The first-order valence-corrected chi connectivity index (χ1v) is 8.39. The molecule has 7 heteroatoms. The lowest BCUT2D eigenvalue weighted by atomic mass is 9.98. The topological polar surface area (TPSA) is 107 Å². The second-order valence-corrected chi connectivity index (χ2v) is 6.18. The lowest BCUT2D eigenvalue weighted by molar-refractivity contribution is 0.0515. The maximum absolute atomic E-state index is 9.54. The van der Waals surface area contributed by atoms with E-state index in [1.807, 2.05) is 12.1 Å². The van der Waals surface area contributed by atoms with Crippen LogP contribution < -0.4 is 16.2 Å². The highest BCUT2D eigenvalue weighted by atomic mass is 35.5. The van der Waals surface area contributed by atoms with Gasteiger partial charge in [0.15, 0.2) is 6.79 Å². The fourth-order valence-corrected chi connectivity index (χ4v) is 2.87. The van der Waals surface area contributed by atoms with Crippen molar-refractivity contribution >= 4 is 23.1 Å². The minimum atomic E-state index is 0.0567. The van der Waals surface area contributed by atoms with Gasteiger partial charge in [-0.1, -0.05) is 23.7 Å². The van der Waals surface area contributed by atoms with Crippen LogP contribution in [0, 0.1) is 11.3 Å². The Hall–Kier alpha value is -3.27. The number of pyridine rings is 1. The van der Waals surface area contributed by atoms with E-state index in [0.717, 1.165) is 5.56 Å². The number of nitrogens with zero attached hydrogens (tertiary/aromatic N) is 2. The molecule has 2 aromatic carbocycles. The van der Waals surface area contributed by atoms with Crippen molar-refractivity contribution < 1.29 is 9.47 Å². The summed E-state index contributed by atoms with van der Waals surface area (Å²) < 4.78 is 10.6. The largest absolute Gasteiger partial charge is 0.467 e. The van der Waals surface area contributed by atoms with E-state index in [1.165, 1.54) is 7.11 Å². The second-order valence-electron chi connectivity index (χ2n) is 5.74. The second kappa shape index (κ2) is 7.96. The number of ether oxygens (including phenoxy) is 2. The number of anilines is 2. The molecule has 0 atom stereocenters. The van der Waals surface area contributed by atoms with E-state index in [1.54, 1.807) is 36.4 Å². The van der Waals surface area contributed by atoms with E-state index in [4.69, 9.17) is 32.5 Å². The predicted octanol–water partition coefficient (Wildman–Crippen LogP) is 4.09. The molecule has 6 nitrogen and oxygen atoms in total. The summed E-state index contributed by atoms with van der Waals surface area (Å²) in [7, 11) is 1.53. The summed E-state index contributed by atoms with van der Waals surface area (Å²) in [6, 6.07) is 16.3. The van der Waals surface area contributed by atoms with Gasteiger partial charge in [0, 0.05) is 28.9 Å². The van der Waals surface area contributed by atoms with Crippen LogP contribution in [-0.4, -0.2) is 18.9 Å². The minimum Gasteiger partial charge on any atom is -0.467 e. The van der Waals surface area contributed by atoms with Gasteiger partial charge in [-0.05, 0) is 42.0 Å². The molecule has 3 rings (SSSR count). The van der Waals surface area contributed by atoms with Gasteiger partial charge in [0.1, 0.15) is 23.2 Å². The summed E-state index contributed by atoms with van der Waals surface area (Å²) in [5, 5.41) is 10.1. The fraction of sp³-hybridized carbons (Fsp3) is 0.100. The normalized spacial score (nSPS) is 10.4. The Labute approximate surface area is 161 Å². The van der Waals surface area contributed by atoms with Crippen molar-refractivity contribution in [2.45, 2.75) is 0 Å². The number of hydrogen-bond acceptors (Lipinski definition) is 6. The molecule has 0 spiro atoms. The van der Waals surface area contributed by atoms with E-state index >= 15 is 0 Å². The smallest absolute Gasteiger partial charge is 0.188 e. The van der Waals surface area contributed by atoms with Crippen LogP contribution in [0.2, 0.25) is 5.02 Å². The molecule has 0 saturated carbocycles. The average molecular weight is 381 g/mol. The third-order valence-corrected chi connectivity index (χ3v) is 4.14. The van der Waals surface area contributed by atoms with E-state index in [-0.39, 0.29) is 18.2 Å². The molecule has 0 unspecified atom stereocenters. The fourth-order valence-electron chi connectivity index (χ4n) is 2.70. The van der Waals surface area contributed by atoms with Gasteiger partial charge in [-0.15, -0.1) is 0 Å². The van der Waals surface area contributed by atoms with Gasteiger partial charge >= 0.3 is 0 Å². The van der Waals surface area contributed by atoms with Gasteiger partial charge < -0.3 is 20.9 Å². The molecule has 0 radical (unpaired) electrons. The molecule has 0 aliphatic rings. The first-order chi connectivity index (χ1) is 13.0. The Bertz CT molecular complexity index is 1030. The van der Waals surface area contributed by atoms with Gasteiger partial charge in [0.05, 0.1) is 5.69 Å². The number of aromatic nitrogens is 1. The van der Waals surface area contributed by atoms with Crippen LogP contribution >= 0.6 is 11.6 Å². The van der Waals surface area contributed by atoms with Crippen molar-refractivity contribution in [2.75, 3.05) is 25.4 Å². The monoisotopic (exact) mass is 380 g/mol. The third-order valence-electron chi connectivity index (χ3n) is 3.91. The van der Waals surface area contributed by atoms with Gasteiger partial charge in [0.25, 0.3) is 0 Å². The molecule has 0 aliphatic carbocycles. The zero-order chi connectivity index (χ0) is 19.4. The van der Waals surface area contributed by atoms with Crippen LogP contribution in [0.5, 0.6) is 5.75 Å². The van der Waals surface area contributed by atoms with Crippen molar-refractivity contribution in [2.24, 2.45) is 0 Å². The van der Waals surface area contributed by atoms with Gasteiger partial charge in [-0.25, -0.2) is 4.98 Å². The Kier molecular flexibility index (Phi) is 5.46. The van der Waals surface area contributed by atoms with E-state index < -0.39 is 0 Å². The van der Waals surface area contributed by atoms with Crippen LogP contribution in [0.15, 0.2) is 48.5 Å². The summed E-state index contributed by atoms with van der Waals surface area (Å²) in [5.41, 5.74) is 15.5. The molecular formula is C20H17ClN4O2. The third kappa shape index (κ3) is 3.95. The first-order valence-electron chi connectivity index (χ1n) is 8.01. The maximum atomic E-state index is 9.54. The van der Waals surface area contributed by atoms with Crippen molar-refractivity contribution in [3.05, 3.63) is 59.1 Å². The Morgan fingerprint density at radius 2 is 1.93 bits per heavy atom. The number of nitrogen functional groups attached to an aromatic ring is 2. The molecule has 0 amide bonds. The molecule has 0 bridgehead atoms. The van der Waals surface area contributed by atoms with Crippen LogP contribution in [-0.2, 0) is 4.74 Å². The number of hydrogen-bond donors (Lipinski definition) is 2. The zero-order valence-corrected chi connectivity index (χ0v) is 15.3. The van der Waals surface area contributed by atoms with Crippen molar-refractivity contribution in [3.63, 3.8) is 0 Å². The summed E-state index contributed by atoms with van der Waals surface area (Å²) in [6.07, 6.45) is 0. The molecular weight excluding hydrogens is 364 g/mol. The lowest BCUT2D eigenvalue weighted by Crippen LogP contribution is -2.03. The SMILES string of the molecule is COCOc1cc(Cl)ccc1-c1cc(-c2cccc(N)c2)c(C#N)c(N)n1. The van der Waals surface area contributed by atoms with Crippen molar-refractivity contribution in [3.8, 4) is 34.2 Å². The number of benzene rings is 2. The van der Waals surface area contributed by atoms with Crippen molar-refractivity contribution in [1.29, 1.82) is 5.26 Å². The van der Waals surface area contributed by atoms with Crippen LogP contribution in [0.1, 0.15) is 5.56 Å². The van der Waals surface area contributed by atoms with Gasteiger partial charge in [-0.2, -0.15) is 5.26 Å². The molecule has 27 heavy (non-hydrogen) atoms. The van der Waals surface area contributed by atoms with Gasteiger partial charge in [0.2, 0.25) is 0 Å². The lowest BCUT2D eigenvalue weighted by Gasteiger charge is -2.14. The first kappa shape index (κ1) is 18.5. The van der Waals surface area contributed by atoms with E-state index in [2.05, 4.69) is 11.1 Å². The molecule has 0 saturated heterocycles. The summed E-state index contributed by atoms with van der Waals surface area (Å²) in [6.45, 7) is 0.0567. The number of nitriles is 1. The Balaban J connectivity index is 2.20. The summed E-state index contributed by atoms with van der Waals surface area (Å²) in [4.78, 5) is 4.38. The molecule has 4 N–H and O–H groups in total. The summed E-state index contributed by atoms with van der Waals surface area (Å²) in [5.74, 6) is 0.625. The zero-order valence-electron chi connectivity index (χ0n) is 14.6. The average Bonchev–Trinajstić information content (AvgIpc) is 2.65. The number of nitrogens with two attached hydrogens (primary N) is 2. The maximum Gasteiger partial charge on any atom is 0.188 e. The Morgan fingerprint density at radius 3 is 2.63 bits per heavy atom. The standard InChI is InChI=1S/C20H17ClN4O2/c1-26-11-27-19-8-13(21)5-6-15(19)18-9-16(17(10-22)20(24)25-18)12-3-2-4-14(23)7-12/h2-9H,11,23H2,1H3,(H2,24,25). The Morgan fingerprint density at radius 1 is 1.11 bits per heavy atom. The molecule has 1 aromatic heterocycles. The highest BCUT2D eigenvalue weighted by molar-refractivity contribution is 6.30. The highest BCUT2D eigenvalue weighted by Crippen LogP contribution is 2.36. The molecule has 0 fully saturated rings. The number of halogens is 1. The predicted molar refractivity (Wildman–Crippen MR) is 106 cm³/mol. The summed E-state index contributed by atoms with van der Waals surface area (Å²) >= 11 is 6.08.